The molecule has 0 radical (unpaired) electrons. The Labute approximate surface area is 101 Å². The highest BCUT2D eigenvalue weighted by atomic mass is 35.5. The molecular weight excluding hydrogens is 272 g/mol. The predicted octanol–water partition coefficient (Wildman–Crippen LogP) is 2.81. The molecule has 0 unspecified atom stereocenters. The normalized spacial score (nSPS) is 11.9. The van der Waals surface area contributed by atoms with E-state index in [0.717, 1.165) is 11.3 Å². The number of hydrogen-bond donors (Lipinski definition) is 1. The topological polar surface area (TPSA) is 63.6 Å². The lowest BCUT2D eigenvalue weighted by molar-refractivity contribution is 0.415. The maximum absolute atomic E-state index is 11.0. The molecule has 0 saturated heterocycles. The number of fused-ring (bicyclic) bond motifs is 1. The molecule has 0 fully saturated rings. The Balaban J connectivity index is 2.79. The highest BCUT2D eigenvalue weighted by Gasteiger charge is 2.20. The molecule has 16 heavy (non-hydrogen) atoms. The quantitative estimate of drug-likeness (QED) is 0.858. The van der Waals surface area contributed by atoms with E-state index < -0.39 is 10.1 Å². The Hall–Kier alpha value is -0.820. The Bertz CT molecular complexity index is 645. The van der Waals surface area contributed by atoms with Crippen LogP contribution in [0.25, 0.3) is 10.1 Å². The average molecular weight is 279 g/mol. The van der Waals surface area contributed by atoms with Crippen molar-refractivity contribution in [2.45, 2.75) is 4.21 Å². The maximum atomic E-state index is 11.0. The van der Waals surface area contributed by atoms with Crippen molar-refractivity contribution in [3.05, 3.63) is 23.2 Å². The molecule has 1 heterocycles. The van der Waals surface area contributed by atoms with Crippen LogP contribution in [0.3, 0.4) is 0 Å². The summed E-state index contributed by atoms with van der Waals surface area (Å²) >= 11 is 6.81. The Morgan fingerprint density at radius 2 is 2.12 bits per heavy atom. The molecule has 0 aliphatic carbocycles. The Morgan fingerprint density at radius 3 is 2.69 bits per heavy atom. The summed E-state index contributed by atoms with van der Waals surface area (Å²) in [5, 5.41) is 0.583. The largest absolute Gasteiger partial charge is 0.497 e. The summed E-state index contributed by atoms with van der Waals surface area (Å²) in [6.45, 7) is 0. The van der Waals surface area contributed by atoms with Crippen LogP contribution in [0.2, 0.25) is 5.02 Å². The van der Waals surface area contributed by atoms with Gasteiger partial charge in [-0.3, -0.25) is 4.55 Å². The van der Waals surface area contributed by atoms with E-state index in [1.54, 1.807) is 18.2 Å². The van der Waals surface area contributed by atoms with Crippen molar-refractivity contribution in [1.82, 2.24) is 0 Å². The molecule has 86 valence electrons. The molecule has 0 aliphatic rings. The van der Waals surface area contributed by atoms with E-state index in [9.17, 15) is 8.42 Å². The molecule has 2 rings (SSSR count). The smallest absolute Gasteiger partial charge is 0.305 e. The molecule has 1 aromatic carbocycles. The molecular formula is C9H7ClO4S2. The van der Waals surface area contributed by atoms with Gasteiger partial charge >= 0.3 is 10.1 Å². The van der Waals surface area contributed by atoms with Crippen LogP contribution in [-0.2, 0) is 10.1 Å². The third kappa shape index (κ3) is 1.89. The standard InChI is InChI=1S/C9H7ClO4S2/c1-14-5-2-3-7-6(4-5)8(10)9(15-7)16(11,12)13/h2-4H,1H3,(H,11,12,13). The first kappa shape index (κ1) is 11.7. The molecule has 0 spiro atoms. The molecule has 0 aliphatic heterocycles. The number of halogens is 1. The third-order valence-corrected chi connectivity index (χ3v) is 5.18. The predicted molar refractivity (Wildman–Crippen MR) is 63.2 cm³/mol. The number of ether oxygens (including phenoxy) is 1. The minimum Gasteiger partial charge on any atom is -0.497 e. The Kier molecular flexibility index (Phi) is 2.83. The average Bonchev–Trinajstić information content (AvgIpc) is 2.55. The van der Waals surface area contributed by atoms with E-state index in [1.807, 2.05) is 0 Å². The number of hydrogen-bond acceptors (Lipinski definition) is 4. The molecule has 2 aromatic rings. The van der Waals surface area contributed by atoms with Crippen LogP contribution in [0.4, 0.5) is 0 Å². The zero-order chi connectivity index (χ0) is 11.9. The van der Waals surface area contributed by atoms with Crippen molar-refractivity contribution in [1.29, 1.82) is 0 Å². The lowest BCUT2D eigenvalue weighted by Crippen LogP contribution is -1.94. The SMILES string of the molecule is COc1ccc2sc(S(=O)(=O)O)c(Cl)c2c1. The van der Waals surface area contributed by atoms with Crippen LogP contribution in [0.15, 0.2) is 22.4 Å². The van der Waals surface area contributed by atoms with E-state index in [2.05, 4.69) is 0 Å². The molecule has 0 amide bonds. The summed E-state index contributed by atoms with van der Waals surface area (Å²) in [7, 11) is -2.76. The van der Waals surface area contributed by atoms with Crippen molar-refractivity contribution in [3.63, 3.8) is 0 Å². The number of benzene rings is 1. The summed E-state index contributed by atoms with van der Waals surface area (Å²) in [6, 6.07) is 5.02. The first-order valence-corrected chi connectivity index (χ1v) is 6.80. The number of rotatable bonds is 2. The molecule has 0 saturated carbocycles. The summed E-state index contributed by atoms with van der Waals surface area (Å²) < 4.78 is 36.5. The van der Waals surface area contributed by atoms with Crippen molar-refractivity contribution in [2.24, 2.45) is 0 Å². The van der Waals surface area contributed by atoms with Crippen LogP contribution in [0.1, 0.15) is 0 Å². The molecule has 7 heteroatoms. The first-order valence-electron chi connectivity index (χ1n) is 4.17. The highest BCUT2D eigenvalue weighted by molar-refractivity contribution is 7.88. The third-order valence-electron chi connectivity index (χ3n) is 2.04. The minimum atomic E-state index is -4.27. The summed E-state index contributed by atoms with van der Waals surface area (Å²) in [5.74, 6) is 0.578. The second-order valence-electron chi connectivity index (χ2n) is 3.04. The van der Waals surface area contributed by atoms with Crippen LogP contribution >= 0.6 is 22.9 Å². The fraction of sp³-hybridized carbons (Fsp3) is 0.111. The van der Waals surface area contributed by atoms with E-state index in [0.29, 0.717) is 15.8 Å². The second kappa shape index (κ2) is 3.89. The van der Waals surface area contributed by atoms with Crippen molar-refractivity contribution >= 4 is 43.1 Å². The van der Waals surface area contributed by atoms with E-state index in [4.69, 9.17) is 20.9 Å². The van der Waals surface area contributed by atoms with Crippen LogP contribution in [0.5, 0.6) is 5.75 Å². The fourth-order valence-electron chi connectivity index (χ4n) is 1.32. The van der Waals surface area contributed by atoms with Gasteiger partial charge in [0, 0.05) is 10.1 Å². The summed E-state index contributed by atoms with van der Waals surface area (Å²) in [6.07, 6.45) is 0. The van der Waals surface area contributed by atoms with Crippen LogP contribution in [-0.4, -0.2) is 20.1 Å². The molecule has 1 aromatic heterocycles. The fourth-order valence-corrected chi connectivity index (χ4v) is 3.77. The van der Waals surface area contributed by atoms with Gasteiger partial charge in [0.25, 0.3) is 0 Å². The monoisotopic (exact) mass is 278 g/mol. The zero-order valence-electron chi connectivity index (χ0n) is 8.10. The van der Waals surface area contributed by atoms with Gasteiger partial charge in [0.2, 0.25) is 0 Å². The lowest BCUT2D eigenvalue weighted by Gasteiger charge is -1.98. The zero-order valence-corrected chi connectivity index (χ0v) is 10.5. The lowest BCUT2D eigenvalue weighted by atomic mass is 10.2. The molecule has 1 N–H and O–H groups in total. The molecule has 0 bridgehead atoms. The van der Waals surface area contributed by atoms with Gasteiger partial charge in [-0.1, -0.05) is 11.6 Å². The van der Waals surface area contributed by atoms with E-state index in [-0.39, 0.29) is 9.23 Å². The van der Waals surface area contributed by atoms with Gasteiger partial charge in [-0.2, -0.15) is 8.42 Å². The van der Waals surface area contributed by atoms with Gasteiger partial charge in [-0.15, -0.1) is 11.3 Å². The van der Waals surface area contributed by atoms with Gasteiger partial charge in [-0.05, 0) is 18.2 Å². The highest BCUT2D eigenvalue weighted by Crippen LogP contribution is 2.39. The van der Waals surface area contributed by atoms with Gasteiger partial charge < -0.3 is 4.74 Å². The van der Waals surface area contributed by atoms with Gasteiger partial charge in [0.05, 0.1) is 12.1 Å². The molecule has 0 atom stereocenters. The number of thiophene rings is 1. The van der Waals surface area contributed by atoms with E-state index >= 15 is 0 Å². The summed E-state index contributed by atoms with van der Waals surface area (Å²) in [5.41, 5.74) is 0. The van der Waals surface area contributed by atoms with Crippen LogP contribution in [0, 0.1) is 0 Å². The van der Waals surface area contributed by atoms with E-state index in [1.165, 1.54) is 7.11 Å². The van der Waals surface area contributed by atoms with Crippen molar-refractivity contribution < 1.29 is 17.7 Å². The molecule has 4 nitrogen and oxygen atoms in total. The van der Waals surface area contributed by atoms with Gasteiger partial charge in [0.15, 0.2) is 4.21 Å². The Morgan fingerprint density at radius 1 is 1.44 bits per heavy atom. The van der Waals surface area contributed by atoms with Gasteiger partial charge in [0.1, 0.15) is 5.75 Å². The van der Waals surface area contributed by atoms with Gasteiger partial charge in [-0.25, -0.2) is 0 Å². The van der Waals surface area contributed by atoms with Crippen molar-refractivity contribution in [2.75, 3.05) is 7.11 Å². The van der Waals surface area contributed by atoms with Crippen molar-refractivity contribution in [3.8, 4) is 5.75 Å². The van der Waals surface area contributed by atoms with Crippen LogP contribution < -0.4 is 4.74 Å². The second-order valence-corrected chi connectivity index (χ2v) is 6.09. The summed E-state index contributed by atoms with van der Waals surface area (Å²) in [4.78, 5) is 0. The first-order chi connectivity index (χ1) is 7.43. The minimum absolute atomic E-state index is 0.0291. The number of methoxy groups -OCH3 is 1. The maximum Gasteiger partial charge on any atom is 0.305 e.